The fourth-order valence-corrected chi connectivity index (χ4v) is 4.21. The van der Waals surface area contributed by atoms with E-state index in [1.165, 1.54) is 11.1 Å². The number of aromatic nitrogens is 2. The van der Waals surface area contributed by atoms with E-state index in [9.17, 15) is 4.79 Å². The molecule has 0 unspecified atom stereocenters. The molecule has 5 heteroatoms. The van der Waals surface area contributed by atoms with Crippen LogP contribution in [0, 0.1) is 19.3 Å². The molecular weight excluding hydrogens is 312 g/mol. The van der Waals surface area contributed by atoms with Crippen molar-refractivity contribution in [2.75, 3.05) is 24.5 Å². The molecule has 0 radical (unpaired) electrons. The highest BCUT2D eigenvalue weighted by Gasteiger charge is 2.47. The first-order valence-electron chi connectivity index (χ1n) is 9.02. The summed E-state index contributed by atoms with van der Waals surface area (Å²) in [6, 6.07) is 6.34. The van der Waals surface area contributed by atoms with E-state index in [-0.39, 0.29) is 11.3 Å². The number of anilines is 1. The highest BCUT2D eigenvalue weighted by Crippen LogP contribution is 2.42. The van der Waals surface area contributed by atoms with Gasteiger partial charge in [-0.15, -0.1) is 0 Å². The van der Waals surface area contributed by atoms with E-state index < -0.39 is 0 Å². The number of nitrogens with zero attached hydrogens (tertiary/aromatic N) is 4. The first-order chi connectivity index (χ1) is 12.0. The van der Waals surface area contributed by atoms with E-state index in [1.807, 2.05) is 24.3 Å². The fraction of sp³-hybridized carbons (Fsp3) is 0.500. The molecule has 2 aromatic rings. The molecular formula is C20H26N4O. The van der Waals surface area contributed by atoms with Crippen LogP contribution in [0.1, 0.15) is 29.8 Å². The summed E-state index contributed by atoms with van der Waals surface area (Å²) < 4.78 is 2.08. The van der Waals surface area contributed by atoms with Crippen molar-refractivity contribution < 1.29 is 4.79 Å². The smallest absolute Gasteiger partial charge is 0.227 e. The molecule has 2 aliphatic rings. The van der Waals surface area contributed by atoms with Crippen molar-refractivity contribution >= 4 is 11.6 Å². The van der Waals surface area contributed by atoms with Crippen LogP contribution < -0.4 is 4.90 Å². The average molecular weight is 338 g/mol. The number of likely N-dealkylation sites (tertiary alicyclic amines) is 1. The van der Waals surface area contributed by atoms with Gasteiger partial charge in [-0.2, -0.15) is 0 Å². The van der Waals surface area contributed by atoms with Gasteiger partial charge in [0.2, 0.25) is 5.91 Å². The second-order valence-corrected chi connectivity index (χ2v) is 7.84. The van der Waals surface area contributed by atoms with Crippen LogP contribution in [0.4, 0.5) is 5.69 Å². The minimum Gasteiger partial charge on any atom is -0.337 e. The molecule has 2 aliphatic heterocycles. The van der Waals surface area contributed by atoms with Crippen molar-refractivity contribution in [1.29, 1.82) is 0 Å². The number of rotatable bonds is 3. The number of hydrogen-bond acceptors (Lipinski definition) is 3. The van der Waals surface area contributed by atoms with Gasteiger partial charge in [-0.05, 0) is 50.1 Å². The van der Waals surface area contributed by atoms with Gasteiger partial charge in [0.15, 0.2) is 0 Å². The van der Waals surface area contributed by atoms with E-state index >= 15 is 0 Å². The molecule has 0 aliphatic carbocycles. The van der Waals surface area contributed by atoms with Gasteiger partial charge in [0.25, 0.3) is 0 Å². The first-order valence-corrected chi connectivity index (χ1v) is 9.02. The van der Waals surface area contributed by atoms with Gasteiger partial charge in [0, 0.05) is 50.1 Å². The fourth-order valence-electron chi connectivity index (χ4n) is 4.21. The minimum atomic E-state index is 0.0983. The van der Waals surface area contributed by atoms with Crippen LogP contribution in [0.2, 0.25) is 0 Å². The maximum Gasteiger partial charge on any atom is 0.227 e. The Kier molecular flexibility index (Phi) is 3.91. The first kappa shape index (κ1) is 16.3. The summed E-state index contributed by atoms with van der Waals surface area (Å²) in [7, 11) is 2.04. The molecule has 132 valence electrons. The van der Waals surface area contributed by atoms with Gasteiger partial charge in [-0.3, -0.25) is 9.69 Å². The summed E-state index contributed by atoms with van der Waals surface area (Å²) >= 11 is 0. The van der Waals surface area contributed by atoms with Crippen LogP contribution in [0.25, 0.3) is 0 Å². The number of hydrogen-bond donors (Lipinski definition) is 0. The zero-order valence-corrected chi connectivity index (χ0v) is 15.3. The number of benzene rings is 1. The van der Waals surface area contributed by atoms with Crippen molar-refractivity contribution in [1.82, 2.24) is 14.5 Å². The molecule has 1 amide bonds. The molecule has 0 N–H and O–H groups in total. The van der Waals surface area contributed by atoms with Gasteiger partial charge in [0.05, 0.1) is 6.54 Å². The predicted octanol–water partition coefficient (Wildman–Crippen LogP) is 2.67. The Morgan fingerprint density at radius 2 is 2.04 bits per heavy atom. The third-order valence-corrected chi connectivity index (χ3v) is 5.93. The summed E-state index contributed by atoms with van der Waals surface area (Å²) in [4.78, 5) is 21.6. The average Bonchev–Trinajstić information content (AvgIpc) is 3.24. The van der Waals surface area contributed by atoms with Crippen LogP contribution in [0.3, 0.4) is 0 Å². The highest BCUT2D eigenvalue weighted by molar-refractivity contribution is 5.96. The molecule has 4 rings (SSSR count). The number of carbonyl (C=O) groups is 1. The van der Waals surface area contributed by atoms with E-state index in [0.29, 0.717) is 6.42 Å². The standard InChI is InChI=1S/C20H26N4O/c1-15-4-5-17(10-16(15)2)24-14-20(11-19(24)25)6-8-23(13-20)12-18-21-7-9-22(18)3/h4-5,7,9-10H,6,8,11-14H2,1-3H3/t20-/m0/s1. The van der Waals surface area contributed by atoms with Crippen LogP contribution >= 0.6 is 0 Å². The van der Waals surface area contributed by atoms with E-state index in [4.69, 9.17) is 0 Å². The van der Waals surface area contributed by atoms with Crippen molar-refractivity contribution in [2.24, 2.45) is 12.5 Å². The number of amides is 1. The molecule has 1 atom stereocenters. The van der Waals surface area contributed by atoms with Crippen molar-refractivity contribution in [3.63, 3.8) is 0 Å². The van der Waals surface area contributed by atoms with Gasteiger partial charge in [-0.1, -0.05) is 6.07 Å². The summed E-state index contributed by atoms with van der Waals surface area (Å²) in [6.45, 7) is 7.94. The summed E-state index contributed by atoms with van der Waals surface area (Å²) in [5.74, 6) is 1.36. The van der Waals surface area contributed by atoms with Gasteiger partial charge in [0.1, 0.15) is 5.82 Å². The lowest BCUT2D eigenvalue weighted by Crippen LogP contribution is -2.31. The lowest BCUT2D eigenvalue weighted by molar-refractivity contribution is -0.117. The molecule has 1 spiro atoms. The Morgan fingerprint density at radius 3 is 2.76 bits per heavy atom. The quantitative estimate of drug-likeness (QED) is 0.864. The lowest BCUT2D eigenvalue weighted by Gasteiger charge is -2.24. The normalized spacial score (nSPS) is 24.0. The van der Waals surface area contributed by atoms with Crippen LogP contribution in [0.5, 0.6) is 0 Å². The van der Waals surface area contributed by atoms with Gasteiger partial charge in [-0.25, -0.2) is 4.98 Å². The Morgan fingerprint density at radius 1 is 1.20 bits per heavy atom. The van der Waals surface area contributed by atoms with Crippen molar-refractivity contribution in [2.45, 2.75) is 33.2 Å². The summed E-state index contributed by atoms with van der Waals surface area (Å²) in [5.41, 5.74) is 3.66. The van der Waals surface area contributed by atoms with E-state index in [1.54, 1.807) is 0 Å². The zero-order chi connectivity index (χ0) is 17.6. The van der Waals surface area contributed by atoms with Crippen LogP contribution in [-0.4, -0.2) is 40.0 Å². The topological polar surface area (TPSA) is 41.4 Å². The van der Waals surface area contributed by atoms with Crippen molar-refractivity contribution in [3.8, 4) is 0 Å². The number of imidazole rings is 1. The molecule has 3 heterocycles. The molecule has 1 aromatic heterocycles. The third kappa shape index (κ3) is 2.97. The molecule has 2 fully saturated rings. The maximum atomic E-state index is 12.7. The molecule has 0 bridgehead atoms. The zero-order valence-electron chi connectivity index (χ0n) is 15.3. The predicted molar refractivity (Wildman–Crippen MR) is 98.4 cm³/mol. The van der Waals surface area contributed by atoms with Gasteiger partial charge < -0.3 is 9.47 Å². The van der Waals surface area contributed by atoms with Gasteiger partial charge >= 0.3 is 0 Å². The maximum absolute atomic E-state index is 12.7. The molecule has 5 nitrogen and oxygen atoms in total. The van der Waals surface area contributed by atoms with Crippen molar-refractivity contribution in [3.05, 3.63) is 47.5 Å². The highest BCUT2D eigenvalue weighted by atomic mass is 16.2. The Hall–Kier alpha value is -2.14. The Bertz CT molecular complexity index is 812. The van der Waals surface area contributed by atoms with E-state index in [0.717, 1.165) is 44.1 Å². The summed E-state index contributed by atoms with van der Waals surface area (Å²) in [6.07, 6.45) is 5.59. The third-order valence-electron chi connectivity index (χ3n) is 5.93. The monoisotopic (exact) mass is 338 g/mol. The second-order valence-electron chi connectivity index (χ2n) is 7.84. The largest absolute Gasteiger partial charge is 0.337 e. The second kappa shape index (κ2) is 5.99. The molecule has 1 aromatic carbocycles. The Labute approximate surface area is 149 Å². The summed E-state index contributed by atoms with van der Waals surface area (Å²) in [5, 5.41) is 0. The van der Waals surface area contributed by atoms with Crippen LogP contribution in [0.15, 0.2) is 30.6 Å². The number of aryl methyl sites for hydroxylation is 3. The SMILES string of the molecule is Cc1ccc(N2C[C@@]3(CCN(Cc4nccn4C)C3)CC2=O)cc1C. The van der Waals surface area contributed by atoms with Crippen LogP contribution in [-0.2, 0) is 18.4 Å². The molecule has 2 saturated heterocycles. The Balaban J connectivity index is 1.48. The van der Waals surface area contributed by atoms with E-state index in [2.05, 4.69) is 46.5 Å². The lowest BCUT2D eigenvalue weighted by atomic mass is 9.86. The number of carbonyl (C=O) groups excluding carboxylic acids is 1. The molecule has 25 heavy (non-hydrogen) atoms. The minimum absolute atomic E-state index is 0.0983. The molecule has 0 saturated carbocycles.